The minimum Gasteiger partial charge on any atom is -0.482 e. The summed E-state index contributed by atoms with van der Waals surface area (Å²) >= 11 is 0. The summed E-state index contributed by atoms with van der Waals surface area (Å²) in [5.74, 6) is -0.0701. The number of hydrogen-bond acceptors (Lipinski definition) is 4. The molecule has 0 amide bonds. The molecule has 4 nitrogen and oxygen atoms in total. The second kappa shape index (κ2) is 8.24. The van der Waals surface area contributed by atoms with E-state index in [0.717, 1.165) is 5.56 Å². The number of halogens is 1. The lowest BCUT2D eigenvalue weighted by Crippen LogP contribution is -2.18. The average molecular weight is 329 g/mol. The Kier molecular flexibility index (Phi) is 6.07. The van der Waals surface area contributed by atoms with Gasteiger partial charge in [0.2, 0.25) is 0 Å². The Balaban J connectivity index is 1.93. The van der Waals surface area contributed by atoms with E-state index >= 15 is 0 Å². The molecule has 2 rings (SSSR count). The summed E-state index contributed by atoms with van der Waals surface area (Å²) in [5, 5.41) is 0. The normalized spacial score (nSPS) is 11.0. The molecule has 0 bridgehead atoms. The van der Waals surface area contributed by atoms with Crippen LogP contribution in [0, 0.1) is 12.7 Å². The van der Waals surface area contributed by atoms with Crippen LogP contribution in [0.2, 0.25) is 0 Å². The van der Waals surface area contributed by atoms with Gasteiger partial charge in [-0.15, -0.1) is 0 Å². The molecule has 0 N–H and O–H groups in total. The van der Waals surface area contributed by atoms with Crippen LogP contribution >= 0.6 is 0 Å². The summed E-state index contributed by atoms with van der Waals surface area (Å²) in [6.07, 6.45) is 1.53. The predicted octanol–water partition coefficient (Wildman–Crippen LogP) is 4.22. The average Bonchev–Trinajstić information content (AvgIpc) is 2.54. The zero-order chi connectivity index (χ0) is 17.5. The van der Waals surface area contributed by atoms with Crippen LogP contribution in [-0.4, -0.2) is 24.9 Å². The minimum absolute atomic E-state index is 0.125. The SMILES string of the molecule is Cc1cc(N=Cc2ccc(OCC(=O)OC(C)C)cc2)ccc1F. The van der Waals surface area contributed by atoms with E-state index in [1.54, 1.807) is 51.3 Å². The third kappa shape index (κ3) is 5.50. The molecule has 0 spiro atoms. The van der Waals surface area contributed by atoms with Crippen LogP contribution in [0.15, 0.2) is 47.5 Å². The van der Waals surface area contributed by atoms with Crippen molar-refractivity contribution in [2.45, 2.75) is 26.9 Å². The molecule has 0 aliphatic heterocycles. The van der Waals surface area contributed by atoms with Crippen LogP contribution in [0.25, 0.3) is 0 Å². The summed E-state index contributed by atoms with van der Waals surface area (Å²) in [4.78, 5) is 15.7. The zero-order valence-electron chi connectivity index (χ0n) is 14.0. The molecule has 5 heteroatoms. The molecule has 126 valence electrons. The van der Waals surface area contributed by atoms with Crippen molar-refractivity contribution in [1.82, 2.24) is 0 Å². The molecule has 0 aliphatic carbocycles. The van der Waals surface area contributed by atoms with Crippen molar-refractivity contribution < 1.29 is 18.7 Å². The Labute approximate surface area is 140 Å². The number of esters is 1. The van der Waals surface area contributed by atoms with Gasteiger partial charge in [0.1, 0.15) is 11.6 Å². The number of carbonyl (C=O) groups is 1. The van der Waals surface area contributed by atoms with Gasteiger partial charge >= 0.3 is 5.97 Å². The number of hydrogen-bond donors (Lipinski definition) is 0. The van der Waals surface area contributed by atoms with Gasteiger partial charge in [-0.3, -0.25) is 4.99 Å². The number of ether oxygens (including phenoxy) is 2. The summed E-state index contributed by atoms with van der Waals surface area (Å²) in [6.45, 7) is 5.15. The molecular formula is C19H20FNO3. The number of carbonyl (C=O) groups excluding carboxylic acids is 1. The van der Waals surface area contributed by atoms with E-state index in [9.17, 15) is 9.18 Å². The number of aryl methyl sites for hydroxylation is 1. The standard InChI is InChI=1S/C19H20FNO3/c1-13(2)24-19(22)12-23-17-7-4-15(5-8-17)11-21-16-6-9-18(20)14(3)10-16/h4-11,13H,12H2,1-3H3. The largest absolute Gasteiger partial charge is 0.482 e. The number of benzene rings is 2. The molecule has 2 aromatic carbocycles. The fourth-order valence-corrected chi connectivity index (χ4v) is 1.95. The van der Waals surface area contributed by atoms with Gasteiger partial charge in [-0.1, -0.05) is 0 Å². The van der Waals surface area contributed by atoms with E-state index in [1.807, 2.05) is 12.1 Å². The molecule has 0 aliphatic rings. The van der Waals surface area contributed by atoms with Crippen LogP contribution in [0.4, 0.5) is 10.1 Å². The predicted molar refractivity (Wildman–Crippen MR) is 91.6 cm³/mol. The minimum atomic E-state index is -0.401. The second-order valence-corrected chi connectivity index (χ2v) is 5.59. The maximum absolute atomic E-state index is 13.2. The van der Waals surface area contributed by atoms with E-state index < -0.39 is 5.97 Å². The fraction of sp³-hybridized carbons (Fsp3) is 0.263. The van der Waals surface area contributed by atoms with Crippen molar-refractivity contribution in [3.05, 3.63) is 59.4 Å². The lowest BCUT2D eigenvalue weighted by Gasteiger charge is -2.09. The first-order valence-corrected chi connectivity index (χ1v) is 7.66. The highest BCUT2D eigenvalue weighted by atomic mass is 19.1. The first-order chi connectivity index (χ1) is 11.4. The highest BCUT2D eigenvalue weighted by Gasteiger charge is 2.06. The molecule has 2 aromatic rings. The Hall–Kier alpha value is -2.69. The van der Waals surface area contributed by atoms with Crippen molar-refractivity contribution in [3.63, 3.8) is 0 Å². The van der Waals surface area contributed by atoms with Crippen molar-refractivity contribution in [2.24, 2.45) is 4.99 Å². The topological polar surface area (TPSA) is 47.9 Å². The monoisotopic (exact) mass is 329 g/mol. The number of nitrogens with zero attached hydrogens (tertiary/aromatic N) is 1. The number of aliphatic imine (C=N–C) groups is 1. The third-order valence-corrected chi connectivity index (χ3v) is 3.11. The van der Waals surface area contributed by atoms with Crippen molar-refractivity contribution in [3.8, 4) is 5.75 Å². The van der Waals surface area contributed by atoms with Gasteiger partial charge < -0.3 is 9.47 Å². The van der Waals surface area contributed by atoms with E-state index in [2.05, 4.69) is 4.99 Å². The zero-order valence-corrected chi connectivity index (χ0v) is 14.0. The Morgan fingerprint density at radius 3 is 2.54 bits per heavy atom. The maximum atomic E-state index is 13.2. The lowest BCUT2D eigenvalue weighted by atomic mass is 10.2. The van der Waals surface area contributed by atoms with Gasteiger partial charge in [0.05, 0.1) is 11.8 Å². The summed E-state index contributed by atoms with van der Waals surface area (Å²) in [7, 11) is 0. The van der Waals surface area contributed by atoms with Crippen molar-refractivity contribution in [2.75, 3.05) is 6.61 Å². The molecular weight excluding hydrogens is 309 g/mol. The van der Waals surface area contributed by atoms with Crippen LogP contribution < -0.4 is 4.74 Å². The molecule has 0 fully saturated rings. The van der Waals surface area contributed by atoms with Crippen LogP contribution in [0.3, 0.4) is 0 Å². The molecule has 0 saturated heterocycles. The van der Waals surface area contributed by atoms with Crippen molar-refractivity contribution in [1.29, 1.82) is 0 Å². The Bertz CT molecular complexity index is 724. The first-order valence-electron chi connectivity index (χ1n) is 7.66. The molecule has 0 radical (unpaired) electrons. The molecule has 0 saturated carbocycles. The van der Waals surface area contributed by atoms with Gasteiger partial charge in [-0.05, 0) is 74.4 Å². The van der Waals surface area contributed by atoms with E-state index in [0.29, 0.717) is 17.0 Å². The number of rotatable bonds is 6. The second-order valence-electron chi connectivity index (χ2n) is 5.59. The lowest BCUT2D eigenvalue weighted by molar-refractivity contribution is -0.149. The molecule has 24 heavy (non-hydrogen) atoms. The van der Waals surface area contributed by atoms with Gasteiger partial charge in [0.15, 0.2) is 6.61 Å². The van der Waals surface area contributed by atoms with Crippen LogP contribution in [0.5, 0.6) is 5.75 Å². The van der Waals surface area contributed by atoms with Gasteiger partial charge in [0, 0.05) is 6.21 Å². The van der Waals surface area contributed by atoms with Gasteiger partial charge in [-0.25, -0.2) is 9.18 Å². The van der Waals surface area contributed by atoms with Gasteiger partial charge in [-0.2, -0.15) is 0 Å². The Morgan fingerprint density at radius 2 is 1.92 bits per heavy atom. The quantitative estimate of drug-likeness (QED) is 0.589. The molecule has 0 heterocycles. The van der Waals surface area contributed by atoms with E-state index in [-0.39, 0.29) is 18.5 Å². The van der Waals surface area contributed by atoms with Gasteiger partial charge in [0.25, 0.3) is 0 Å². The summed E-state index contributed by atoms with van der Waals surface area (Å²) < 4.78 is 23.6. The van der Waals surface area contributed by atoms with E-state index in [1.165, 1.54) is 6.07 Å². The van der Waals surface area contributed by atoms with E-state index in [4.69, 9.17) is 9.47 Å². The highest BCUT2D eigenvalue weighted by Crippen LogP contribution is 2.17. The van der Waals surface area contributed by atoms with Crippen LogP contribution in [-0.2, 0) is 9.53 Å². The smallest absolute Gasteiger partial charge is 0.344 e. The van der Waals surface area contributed by atoms with Crippen molar-refractivity contribution >= 4 is 17.9 Å². The Morgan fingerprint density at radius 1 is 1.21 bits per heavy atom. The molecule has 0 unspecified atom stereocenters. The highest BCUT2D eigenvalue weighted by molar-refractivity contribution is 5.82. The first kappa shape index (κ1) is 17.7. The summed E-state index contributed by atoms with van der Waals surface area (Å²) in [5.41, 5.74) is 2.11. The maximum Gasteiger partial charge on any atom is 0.344 e. The molecule has 0 aromatic heterocycles. The summed E-state index contributed by atoms with van der Waals surface area (Å²) in [6, 6.07) is 11.8. The fourth-order valence-electron chi connectivity index (χ4n) is 1.95. The molecule has 0 atom stereocenters. The third-order valence-electron chi connectivity index (χ3n) is 3.11. The van der Waals surface area contributed by atoms with Crippen LogP contribution in [0.1, 0.15) is 25.0 Å².